The Morgan fingerprint density at radius 2 is 1.26 bits per heavy atom. The second-order valence-electron chi connectivity index (χ2n) is 10.8. The molecule has 0 fully saturated rings. The van der Waals surface area contributed by atoms with Crippen molar-refractivity contribution in [3.05, 3.63) is 133 Å². The largest absolute Gasteiger partial charge is 0.378 e. The Kier molecular flexibility index (Phi) is 4.93. The molecule has 0 unspecified atom stereocenters. The monoisotopic (exact) mass is 538 g/mol. The van der Waals surface area contributed by atoms with Crippen LogP contribution in [0.5, 0.6) is 0 Å². The lowest BCUT2D eigenvalue weighted by atomic mass is 10.0. The Balaban J connectivity index is 1.48. The minimum absolute atomic E-state index is 0.724. The zero-order valence-corrected chi connectivity index (χ0v) is 22.8. The summed E-state index contributed by atoms with van der Waals surface area (Å²) in [5, 5.41) is 8.56. The van der Waals surface area contributed by atoms with E-state index >= 15 is 0 Å². The number of hydrogen-bond donors (Lipinski definition) is 1. The van der Waals surface area contributed by atoms with Crippen molar-refractivity contribution in [2.45, 2.75) is 0 Å². The van der Waals surface area contributed by atoms with Gasteiger partial charge in [0, 0.05) is 39.0 Å². The molecular weight excluding hydrogens is 512 g/mol. The van der Waals surface area contributed by atoms with Crippen LogP contribution in [0.25, 0.3) is 66.1 Å². The van der Waals surface area contributed by atoms with Crippen molar-refractivity contribution < 1.29 is 0 Å². The Hall–Kier alpha value is -5.61. The fourth-order valence-electron chi connectivity index (χ4n) is 6.77. The fraction of sp³-hybridized carbons (Fsp3) is 0.0263. The molecule has 4 nitrogen and oxygen atoms in total. The fourth-order valence-corrected chi connectivity index (χ4v) is 6.77. The van der Waals surface area contributed by atoms with Gasteiger partial charge in [-0.3, -0.25) is 4.99 Å². The van der Waals surface area contributed by atoms with Gasteiger partial charge in [0.15, 0.2) is 0 Å². The Morgan fingerprint density at radius 3 is 2.07 bits per heavy atom. The highest BCUT2D eigenvalue weighted by Gasteiger charge is 2.23. The quantitative estimate of drug-likeness (QED) is 0.239. The summed E-state index contributed by atoms with van der Waals surface area (Å²) in [5.41, 5.74) is 11.4. The average Bonchev–Trinajstić information content (AvgIpc) is 3.58. The molecule has 2 aromatic heterocycles. The van der Waals surface area contributed by atoms with Crippen molar-refractivity contribution >= 4 is 61.2 Å². The van der Waals surface area contributed by atoms with Crippen LogP contribution in [0.3, 0.4) is 0 Å². The second-order valence-corrected chi connectivity index (χ2v) is 10.8. The number of hydrogen-bond acceptors (Lipinski definition) is 2. The lowest BCUT2D eigenvalue weighted by molar-refractivity contribution is 1.17. The van der Waals surface area contributed by atoms with Crippen LogP contribution in [0, 0.1) is 0 Å². The minimum Gasteiger partial charge on any atom is -0.378 e. The summed E-state index contributed by atoms with van der Waals surface area (Å²) >= 11 is 0. The SMILES string of the molecule is C1=Nc2cc(-c3ccccc3)c(-n3c4ccccc4c4c3ccc3c5ccccc5n(-c5ccccc5)c34)cc2NC1. The average molecular weight is 539 g/mol. The van der Waals surface area contributed by atoms with Crippen molar-refractivity contribution in [2.24, 2.45) is 4.99 Å². The summed E-state index contributed by atoms with van der Waals surface area (Å²) in [6.45, 7) is 0.724. The molecule has 1 N–H and O–H groups in total. The first-order valence-corrected chi connectivity index (χ1v) is 14.4. The van der Waals surface area contributed by atoms with Crippen molar-refractivity contribution in [2.75, 3.05) is 11.9 Å². The molecule has 3 heterocycles. The van der Waals surface area contributed by atoms with Crippen LogP contribution in [-0.2, 0) is 0 Å². The van der Waals surface area contributed by atoms with Gasteiger partial charge in [0.2, 0.25) is 0 Å². The molecule has 0 spiro atoms. The van der Waals surface area contributed by atoms with Crippen LogP contribution in [0.2, 0.25) is 0 Å². The van der Waals surface area contributed by atoms with Crippen molar-refractivity contribution in [1.82, 2.24) is 9.13 Å². The van der Waals surface area contributed by atoms with Gasteiger partial charge in [0.1, 0.15) is 0 Å². The highest BCUT2D eigenvalue weighted by atomic mass is 15.0. The molecule has 1 aliphatic heterocycles. The molecule has 6 aromatic carbocycles. The van der Waals surface area contributed by atoms with Crippen molar-refractivity contribution in [3.8, 4) is 22.5 Å². The molecule has 42 heavy (non-hydrogen) atoms. The molecule has 4 heteroatoms. The summed E-state index contributed by atoms with van der Waals surface area (Å²) in [7, 11) is 0. The molecule has 0 aliphatic carbocycles. The predicted octanol–water partition coefficient (Wildman–Crippen LogP) is 9.68. The van der Waals surface area contributed by atoms with Crippen LogP contribution < -0.4 is 5.32 Å². The standard InChI is InChI=1S/C38H26N4/c1-3-11-25(12-4-1)30-23-31-32(40-22-21-39-31)24-36(30)42-34-18-10-8-16-29(34)37-35(42)20-19-28-27-15-7-9-17-33(27)41(38(28)37)26-13-5-2-6-14-26/h1-21,23-24,40H,22H2. The van der Waals surface area contributed by atoms with Gasteiger partial charge in [-0.05, 0) is 48.0 Å². The first-order valence-electron chi connectivity index (χ1n) is 14.4. The number of rotatable bonds is 3. The molecule has 0 amide bonds. The van der Waals surface area contributed by atoms with Crippen LogP contribution in [-0.4, -0.2) is 21.9 Å². The highest BCUT2D eigenvalue weighted by Crippen LogP contribution is 2.45. The number of fused-ring (bicyclic) bond motifs is 8. The van der Waals surface area contributed by atoms with Gasteiger partial charge in [-0.1, -0.05) is 91.0 Å². The summed E-state index contributed by atoms with van der Waals surface area (Å²) in [6, 6.07) is 48.0. The van der Waals surface area contributed by atoms with Crippen LogP contribution in [0.1, 0.15) is 0 Å². The number of anilines is 1. The first-order chi connectivity index (χ1) is 20.9. The van der Waals surface area contributed by atoms with Crippen LogP contribution in [0.4, 0.5) is 11.4 Å². The van der Waals surface area contributed by atoms with Crippen LogP contribution >= 0.6 is 0 Å². The molecule has 0 bridgehead atoms. The molecular formula is C38H26N4. The molecule has 0 radical (unpaired) electrons. The van der Waals surface area contributed by atoms with E-state index in [4.69, 9.17) is 4.99 Å². The molecule has 0 atom stereocenters. The van der Waals surface area contributed by atoms with Gasteiger partial charge in [0.25, 0.3) is 0 Å². The first kappa shape index (κ1) is 23.1. The van der Waals surface area contributed by atoms with Crippen LogP contribution in [0.15, 0.2) is 138 Å². The third-order valence-corrected chi connectivity index (χ3v) is 8.54. The maximum atomic E-state index is 4.74. The topological polar surface area (TPSA) is 34.2 Å². The summed E-state index contributed by atoms with van der Waals surface area (Å²) in [5.74, 6) is 0. The summed E-state index contributed by atoms with van der Waals surface area (Å²) in [6.07, 6.45) is 1.94. The van der Waals surface area contributed by atoms with Gasteiger partial charge >= 0.3 is 0 Å². The molecule has 198 valence electrons. The second kappa shape index (κ2) is 8.95. The van der Waals surface area contributed by atoms with E-state index in [1.165, 1.54) is 49.2 Å². The van der Waals surface area contributed by atoms with Gasteiger partial charge in [-0.15, -0.1) is 0 Å². The van der Waals surface area contributed by atoms with E-state index in [2.05, 4.69) is 148 Å². The van der Waals surface area contributed by atoms with Gasteiger partial charge < -0.3 is 14.5 Å². The zero-order chi connectivity index (χ0) is 27.6. The number of nitrogens with one attached hydrogen (secondary N) is 1. The van der Waals surface area contributed by atoms with Gasteiger partial charge in [-0.25, -0.2) is 0 Å². The maximum absolute atomic E-state index is 4.74. The third-order valence-electron chi connectivity index (χ3n) is 8.54. The van der Waals surface area contributed by atoms with Crippen molar-refractivity contribution in [3.63, 3.8) is 0 Å². The third kappa shape index (κ3) is 3.26. The number of benzene rings is 6. The normalized spacial score (nSPS) is 12.8. The predicted molar refractivity (Wildman–Crippen MR) is 177 cm³/mol. The van der Waals surface area contributed by atoms with Crippen molar-refractivity contribution in [1.29, 1.82) is 0 Å². The molecule has 0 saturated heterocycles. The van der Waals surface area contributed by atoms with Gasteiger partial charge in [-0.2, -0.15) is 0 Å². The lowest BCUT2D eigenvalue weighted by Crippen LogP contribution is -2.08. The van der Waals surface area contributed by atoms with E-state index in [-0.39, 0.29) is 0 Å². The summed E-state index contributed by atoms with van der Waals surface area (Å²) < 4.78 is 4.88. The Morgan fingerprint density at radius 1 is 0.571 bits per heavy atom. The molecule has 9 rings (SSSR count). The lowest BCUT2D eigenvalue weighted by Gasteiger charge is -2.20. The number of para-hydroxylation sites is 3. The van der Waals surface area contributed by atoms with E-state index in [0.717, 1.165) is 34.9 Å². The molecule has 1 aliphatic rings. The minimum atomic E-state index is 0.724. The Bertz CT molecular complexity index is 2340. The van der Waals surface area contributed by atoms with E-state index in [1.54, 1.807) is 0 Å². The summed E-state index contributed by atoms with van der Waals surface area (Å²) in [4.78, 5) is 4.74. The molecule has 8 aromatic rings. The van der Waals surface area contributed by atoms with E-state index < -0.39 is 0 Å². The van der Waals surface area contributed by atoms with E-state index in [9.17, 15) is 0 Å². The van der Waals surface area contributed by atoms with Gasteiger partial charge in [0.05, 0.1) is 45.7 Å². The van der Waals surface area contributed by atoms with E-state index in [0.29, 0.717) is 0 Å². The zero-order valence-electron chi connectivity index (χ0n) is 22.8. The Labute approximate surface area is 242 Å². The number of nitrogens with zero attached hydrogens (tertiary/aromatic N) is 3. The van der Waals surface area contributed by atoms with E-state index in [1.807, 2.05) is 6.21 Å². The number of aromatic nitrogens is 2. The molecule has 0 saturated carbocycles. The highest BCUT2D eigenvalue weighted by molar-refractivity contribution is 6.26. The smallest absolute Gasteiger partial charge is 0.0865 e. The number of aliphatic imine (C=N–C) groups is 1. The maximum Gasteiger partial charge on any atom is 0.0865 e.